The molecule has 1 aliphatic heterocycles. The zero-order valence-electron chi connectivity index (χ0n) is 12.5. The molecule has 0 unspecified atom stereocenters. The molecule has 1 saturated heterocycles. The number of rotatable bonds is 6. The Labute approximate surface area is 122 Å². The van der Waals surface area contributed by atoms with Crippen molar-refractivity contribution in [1.82, 2.24) is 4.90 Å². The predicted octanol–water partition coefficient (Wildman–Crippen LogP) is 2.69. The second-order valence-electron chi connectivity index (χ2n) is 5.89. The minimum atomic E-state index is -2.79. The Morgan fingerprint density at radius 3 is 2.55 bits per heavy atom. The van der Waals surface area contributed by atoms with Crippen molar-refractivity contribution in [2.24, 2.45) is 0 Å². The van der Waals surface area contributed by atoms with Crippen LogP contribution in [0.25, 0.3) is 0 Å². The first kappa shape index (κ1) is 15.5. The lowest BCUT2D eigenvalue weighted by molar-refractivity contribution is 0.241. The van der Waals surface area contributed by atoms with Crippen LogP contribution in [0, 0.1) is 0 Å². The number of benzene rings is 1. The summed E-state index contributed by atoms with van der Waals surface area (Å²) < 4.78 is 23.2. The van der Waals surface area contributed by atoms with Gasteiger partial charge in [0.1, 0.15) is 0 Å². The third kappa shape index (κ3) is 4.06. The summed E-state index contributed by atoms with van der Waals surface area (Å²) in [6.45, 7) is 3.15. The van der Waals surface area contributed by atoms with Crippen LogP contribution in [-0.4, -0.2) is 44.5 Å². The molecular weight excluding hydrogens is 270 g/mol. The molecule has 0 amide bonds. The second kappa shape index (κ2) is 6.72. The zero-order valence-corrected chi connectivity index (χ0v) is 13.3. The van der Waals surface area contributed by atoms with Gasteiger partial charge >= 0.3 is 0 Å². The van der Waals surface area contributed by atoms with Crippen molar-refractivity contribution >= 4 is 9.84 Å². The highest BCUT2D eigenvalue weighted by molar-refractivity contribution is 7.91. The van der Waals surface area contributed by atoms with Crippen LogP contribution in [0.3, 0.4) is 0 Å². The van der Waals surface area contributed by atoms with Crippen LogP contribution in [0.2, 0.25) is 0 Å². The zero-order chi connectivity index (χ0) is 14.6. The number of likely N-dealkylation sites (N-methyl/N-ethyl adjacent to an activating group) is 1. The number of nitrogens with zero attached hydrogens (tertiary/aromatic N) is 1. The van der Waals surface area contributed by atoms with Gasteiger partial charge in [-0.1, -0.05) is 43.7 Å². The third-order valence-corrected chi connectivity index (χ3v) is 6.00. The van der Waals surface area contributed by atoms with Crippen LogP contribution in [-0.2, 0) is 9.84 Å². The molecule has 0 bridgehead atoms. The van der Waals surface area contributed by atoms with E-state index in [1.807, 2.05) is 6.07 Å². The van der Waals surface area contributed by atoms with Gasteiger partial charge in [0.15, 0.2) is 9.84 Å². The maximum absolute atomic E-state index is 11.6. The van der Waals surface area contributed by atoms with Gasteiger partial charge in [-0.2, -0.15) is 0 Å². The highest BCUT2D eigenvalue weighted by Crippen LogP contribution is 2.25. The average molecular weight is 295 g/mol. The van der Waals surface area contributed by atoms with E-state index in [0.29, 0.717) is 17.4 Å². The molecule has 20 heavy (non-hydrogen) atoms. The summed E-state index contributed by atoms with van der Waals surface area (Å²) in [5.41, 5.74) is 1.36. The van der Waals surface area contributed by atoms with Gasteiger partial charge in [0, 0.05) is 12.6 Å². The summed E-state index contributed by atoms with van der Waals surface area (Å²) in [6, 6.07) is 10.8. The number of hydrogen-bond donors (Lipinski definition) is 0. The highest BCUT2D eigenvalue weighted by Gasteiger charge is 2.31. The van der Waals surface area contributed by atoms with Crippen LogP contribution in [0.1, 0.15) is 37.7 Å². The average Bonchev–Trinajstić information content (AvgIpc) is 2.80. The van der Waals surface area contributed by atoms with Crippen molar-refractivity contribution in [2.45, 2.75) is 38.1 Å². The van der Waals surface area contributed by atoms with E-state index in [0.717, 1.165) is 25.8 Å². The summed E-state index contributed by atoms with van der Waals surface area (Å²) >= 11 is 0. The highest BCUT2D eigenvalue weighted by atomic mass is 32.2. The van der Waals surface area contributed by atoms with Crippen molar-refractivity contribution in [3.05, 3.63) is 35.9 Å². The van der Waals surface area contributed by atoms with Crippen LogP contribution < -0.4 is 0 Å². The quantitative estimate of drug-likeness (QED) is 0.810. The van der Waals surface area contributed by atoms with E-state index < -0.39 is 9.84 Å². The Balaban J connectivity index is 2.01. The van der Waals surface area contributed by atoms with Gasteiger partial charge in [0.05, 0.1) is 11.5 Å². The smallest absolute Gasteiger partial charge is 0.151 e. The summed E-state index contributed by atoms with van der Waals surface area (Å²) in [6.07, 6.45) is 3.08. The van der Waals surface area contributed by atoms with E-state index in [2.05, 4.69) is 43.1 Å². The van der Waals surface area contributed by atoms with Crippen LogP contribution in [0.5, 0.6) is 0 Å². The molecule has 2 atom stereocenters. The lowest BCUT2D eigenvalue weighted by atomic mass is 9.93. The summed E-state index contributed by atoms with van der Waals surface area (Å²) in [7, 11) is -0.728. The fraction of sp³-hybridized carbons (Fsp3) is 0.625. The Kier molecular flexibility index (Phi) is 5.22. The van der Waals surface area contributed by atoms with Crippen molar-refractivity contribution in [3.8, 4) is 0 Å². The van der Waals surface area contributed by atoms with E-state index in [1.165, 1.54) is 5.56 Å². The Hall–Kier alpha value is -0.870. The molecule has 0 saturated carbocycles. The Bertz CT molecular complexity index is 513. The first-order chi connectivity index (χ1) is 9.52. The van der Waals surface area contributed by atoms with Crippen molar-refractivity contribution in [1.29, 1.82) is 0 Å². The van der Waals surface area contributed by atoms with E-state index in [-0.39, 0.29) is 6.04 Å². The summed E-state index contributed by atoms with van der Waals surface area (Å²) in [5.74, 6) is 1.18. The molecular formula is C16H25NO2S. The maximum atomic E-state index is 11.6. The number of sulfone groups is 1. The lowest BCUT2D eigenvalue weighted by Gasteiger charge is -2.28. The first-order valence-electron chi connectivity index (χ1n) is 7.47. The molecule has 1 heterocycles. The van der Waals surface area contributed by atoms with Gasteiger partial charge in [0.2, 0.25) is 0 Å². The Morgan fingerprint density at radius 2 is 2.00 bits per heavy atom. The molecule has 1 aromatic carbocycles. The van der Waals surface area contributed by atoms with E-state index in [1.54, 1.807) is 0 Å². The molecule has 1 aromatic rings. The molecule has 1 fully saturated rings. The summed E-state index contributed by atoms with van der Waals surface area (Å²) in [5, 5.41) is 0. The largest absolute Gasteiger partial charge is 0.302 e. The second-order valence-corrected chi connectivity index (χ2v) is 8.12. The van der Waals surface area contributed by atoms with Crippen LogP contribution in [0.15, 0.2) is 30.3 Å². The third-order valence-electron chi connectivity index (χ3n) is 4.25. The minimum Gasteiger partial charge on any atom is -0.302 e. The molecule has 1 aliphatic rings. The molecule has 0 spiro atoms. The maximum Gasteiger partial charge on any atom is 0.151 e. The van der Waals surface area contributed by atoms with Crippen molar-refractivity contribution in [2.75, 3.05) is 25.1 Å². The molecule has 112 valence electrons. The molecule has 3 nitrogen and oxygen atoms in total. The minimum absolute atomic E-state index is 0.197. The fourth-order valence-corrected chi connectivity index (χ4v) is 4.86. The normalized spacial score (nSPS) is 23.1. The predicted molar refractivity (Wildman–Crippen MR) is 83.8 cm³/mol. The topological polar surface area (TPSA) is 37.4 Å². The monoisotopic (exact) mass is 295 g/mol. The van der Waals surface area contributed by atoms with Gasteiger partial charge in [-0.05, 0) is 31.4 Å². The molecule has 0 radical (unpaired) electrons. The summed E-state index contributed by atoms with van der Waals surface area (Å²) in [4.78, 5) is 2.25. The molecule has 0 N–H and O–H groups in total. The van der Waals surface area contributed by atoms with Crippen LogP contribution >= 0.6 is 0 Å². The van der Waals surface area contributed by atoms with Gasteiger partial charge < -0.3 is 4.90 Å². The van der Waals surface area contributed by atoms with Gasteiger partial charge in [-0.25, -0.2) is 8.42 Å². The van der Waals surface area contributed by atoms with Gasteiger partial charge in [-0.3, -0.25) is 0 Å². The molecule has 2 rings (SSSR count). The van der Waals surface area contributed by atoms with Crippen LogP contribution in [0.4, 0.5) is 0 Å². The van der Waals surface area contributed by atoms with Crippen molar-refractivity contribution < 1.29 is 8.42 Å². The molecule has 0 aliphatic carbocycles. The van der Waals surface area contributed by atoms with Gasteiger partial charge in [0.25, 0.3) is 0 Å². The fourth-order valence-electron chi connectivity index (χ4n) is 3.06. The van der Waals surface area contributed by atoms with E-state index in [9.17, 15) is 8.42 Å². The molecule has 4 heteroatoms. The number of hydrogen-bond acceptors (Lipinski definition) is 3. The van der Waals surface area contributed by atoms with Crippen molar-refractivity contribution in [3.63, 3.8) is 0 Å². The lowest BCUT2D eigenvalue weighted by Crippen LogP contribution is -2.35. The first-order valence-corrected chi connectivity index (χ1v) is 9.29. The molecule has 0 aromatic heterocycles. The van der Waals surface area contributed by atoms with Gasteiger partial charge in [-0.15, -0.1) is 0 Å². The van der Waals surface area contributed by atoms with E-state index in [4.69, 9.17) is 0 Å². The van der Waals surface area contributed by atoms with E-state index >= 15 is 0 Å². The SMILES string of the molecule is CCC[C@@H](CN(C)[C@@H]1CCS(=O)(=O)C1)c1ccccc1. The standard InChI is InChI=1S/C16H25NO2S/c1-3-7-15(14-8-5-4-6-9-14)12-17(2)16-10-11-20(18,19)13-16/h4-6,8-9,15-16H,3,7,10-13H2,1-2H3/t15-,16+/m0/s1. The Morgan fingerprint density at radius 1 is 1.30 bits per heavy atom.